The van der Waals surface area contributed by atoms with Crippen LogP contribution in [0.15, 0.2) is 52.3 Å². The van der Waals surface area contributed by atoms with Crippen LogP contribution in [0.25, 0.3) is 0 Å². The average molecular weight is 271 g/mol. The van der Waals surface area contributed by atoms with Gasteiger partial charge < -0.3 is 14.8 Å². The molecule has 2 aliphatic heterocycles. The first-order valence-electron chi connectivity index (χ1n) is 6.31. The average Bonchev–Trinajstić information content (AvgIpc) is 3.27. The van der Waals surface area contributed by atoms with Gasteiger partial charge in [0.1, 0.15) is 18.5 Å². The predicted octanol–water partition coefficient (Wildman–Crippen LogP) is 3.67. The van der Waals surface area contributed by atoms with Crippen LogP contribution in [-0.2, 0) is 4.74 Å². The molecule has 0 aromatic heterocycles. The van der Waals surface area contributed by atoms with Crippen molar-refractivity contribution < 1.29 is 9.47 Å². The van der Waals surface area contributed by atoms with Crippen LogP contribution < -0.4 is 10.1 Å². The minimum absolute atomic E-state index is 0.277. The quantitative estimate of drug-likeness (QED) is 0.737. The number of fused-ring (bicyclic) bond motifs is 2. The van der Waals surface area contributed by atoms with E-state index < -0.39 is 0 Å². The highest BCUT2D eigenvalue weighted by Gasteiger charge is 2.25. The fourth-order valence-corrected chi connectivity index (χ4v) is 3.11. The Balaban J connectivity index is 1.66. The molecule has 96 valence electrons. The van der Waals surface area contributed by atoms with Crippen molar-refractivity contribution >= 4 is 23.1 Å². The van der Waals surface area contributed by atoms with Crippen LogP contribution in [0.3, 0.4) is 0 Å². The number of epoxide rings is 1. The summed E-state index contributed by atoms with van der Waals surface area (Å²) in [4.78, 5) is 2.45. The van der Waals surface area contributed by atoms with Crippen LogP contribution in [0.5, 0.6) is 5.75 Å². The smallest absolute Gasteiger partial charge is 0.144 e. The zero-order valence-electron chi connectivity index (χ0n) is 10.3. The molecule has 2 heterocycles. The van der Waals surface area contributed by atoms with Crippen LogP contribution >= 0.6 is 11.8 Å². The molecule has 0 amide bonds. The highest BCUT2D eigenvalue weighted by Crippen LogP contribution is 2.47. The summed E-state index contributed by atoms with van der Waals surface area (Å²) >= 11 is 1.77. The van der Waals surface area contributed by atoms with Gasteiger partial charge in [0.25, 0.3) is 0 Å². The van der Waals surface area contributed by atoms with E-state index in [0.717, 1.165) is 23.7 Å². The first-order chi connectivity index (χ1) is 9.40. The summed E-state index contributed by atoms with van der Waals surface area (Å²) in [6.07, 6.45) is 0.277. The van der Waals surface area contributed by atoms with Gasteiger partial charge in [-0.1, -0.05) is 30.0 Å². The molecule has 2 aromatic carbocycles. The Morgan fingerprint density at radius 1 is 1.16 bits per heavy atom. The van der Waals surface area contributed by atoms with Crippen LogP contribution in [0.4, 0.5) is 11.4 Å². The Labute approximate surface area is 115 Å². The van der Waals surface area contributed by atoms with E-state index in [0.29, 0.717) is 6.61 Å². The lowest BCUT2D eigenvalue weighted by atomic mass is 10.2. The molecule has 2 aromatic rings. The summed E-state index contributed by atoms with van der Waals surface area (Å²) in [6, 6.07) is 14.5. The molecule has 1 fully saturated rings. The van der Waals surface area contributed by atoms with Crippen molar-refractivity contribution in [1.29, 1.82) is 0 Å². The molecule has 1 unspecified atom stereocenters. The highest BCUT2D eigenvalue weighted by molar-refractivity contribution is 7.99. The van der Waals surface area contributed by atoms with E-state index in [4.69, 9.17) is 9.47 Å². The van der Waals surface area contributed by atoms with Gasteiger partial charge in [0.05, 0.1) is 18.0 Å². The SMILES string of the molecule is c1ccc2c(c1)Nc1c(OCC3CO3)cccc1S2. The van der Waals surface area contributed by atoms with Crippen molar-refractivity contribution in [2.75, 3.05) is 18.5 Å². The second-order valence-corrected chi connectivity index (χ2v) is 5.70. The van der Waals surface area contributed by atoms with Crippen LogP contribution in [0.1, 0.15) is 0 Å². The third kappa shape index (κ3) is 2.17. The fourth-order valence-electron chi connectivity index (χ4n) is 2.10. The first kappa shape index (κ1) is 11.2. The van der Waals surface area contributed by atoms with E-state index in [1.807, 2.05) is 18.2 Å². The van der Waals surface area contributed by atoms with Crippen LogP contribution in [-0.4, -0.2) is 19.3 Å². The van der Waals surface area contributed by atoms with Crippen molar-refractivity contribution in [3.05, 3.63) is 42.5 Å². The third-order valence-electron chi connectivity index (χ3n) is 3.18. The fraction of sp³-hybridized carbons (Fsp3) is 0.200. The molecule has 4 rings (SSSR count). The maximum Gasteiger partial charge on any atom is 0.144 e. The Hall–Kier alpha value is -1.65. The summed E-state index contributed by atoms with van der Waals surface area (Å²) < 4.78 is 11.0. The van der Waals surface area contributed by atoms with Gasteiger partial charge in [0, 0.05) is 9.79 Å². The number of para-hydroxylation sites is 2. The monoisotopic (exact) mass is 271 g/mol. The molecular weight excluding hydrogens is 258 g/mol. The number of ether oxygens (including phenoxy) is 2. The lowest BCUT2D eigenvalue weighted by Gasteiger charge is -2.22. The maximum absolute atomic E-state index is 5.84. The van der Waals surface area contributed by atoms with E-state index in [2.05, 4.69) is 29.6 Å². The number of hydrogen-bond acceptors (Lipinski definition) is 4. The van der Waals surface area contributed by atoms with Gasteiger partial charge >= 0.3 is 0 Å². The molecule has 2 aliphatic rings. The molecular formula is C15H13NO2S. The number of nitrogens with one attached hydrogen (secondary N) is 1. The summed E-state index contributed by atoms with van der Waals surface area (Å²) in [7, 11) is 0. The largest absolute Gasteiger partial charge is 0.489 e. The zero-order chi connectivity index (χ0) is 12.7. The van der Waals surface area contributed by atoms with E-state index in [1.54, 1.807) is 11.8 Å². The molecule has 3 nitrogen and oxygen atoms in total. The van der Waals surface area contributed by atoms with E-state index in [-0.39, 0.29) is 6.10 Å². The minimum atomic E-state index is 0.277. The van der Waals surface area contributed by atoms with E-state index in [1.165, 1.54) is 9.79 Å². The summed E-state index contributed by atoms with van der Waals surface area (Å²) in [5, 5.41) is 3.47. The lowest BCUT2D eigenvalue weighted by molar-refractivity contribution is 0.263. The van der Waals surface area contributed by atoms with Crippen molar-refractivity contribution in [3.8, 4) is 5.75 Å². The Morgan fingerprint density at radius 3 is 2.89 bits per heavy atom. The number of anilines is 2. The Morgan fingerprint density at radius 2 is 2.00 bits per heavy atom. The van der Waals surface area contributed by atoms with Gasteiger partial charge in [0.15, 0.2) is 0 Å². The van der Waals surface area contributed by atoms with Gasteiger partial charge in [-0.25, -0.2) is 0 Å². The van der Waals surface area contributed by atoms with Crippen molar-refractivity contribution in [2.24, 2.45) is 0 Å². The van der Waals surface area contributed by atoms with Crippen molar-refractivity contribution in [2.45, 2.75) is 15.9 Å². The normalized spacial score (nSPS) is 19.1. The topological polar surface area (TPSA) is 33.8 Å². The third-order valence-corrected chi connectivity index (χ3v) is 4.32. The van der Waals surface area contributed by atoms with Gasteiger partial charge in [0.2, 0.25) is 0 Å². The second kappa shape index (κ2) is 4.47. The van der Waals surface area contributed by atoms with Gasteiger partial charge in [-0.3, -0.25) is 0 Å². The predicted molar refractivity (Wildman–Crippen MR) is 75.5 cm³/mol. The molecule has 0 bridgehead atoms. The number of rotatable bonds is 3. The summed E-state index contributed by atoms with van der Waals surface area (Å²) in [6.45, 7) is 1.45. The number of hydrogen-bond donors (Lipinski definition) is 1. The molecule has 0 saturated carbocycles. The molecule has 19 heavy (non-hydrogen) atoms. The Bertz CT molecular complexity index is 625. The minimum Gasteiger partial charge on any atom is -0.489 e. The standard InChI is InChI=1S/C15H13NO2S/c1-2-6-13-11(4-1)16-15-12(18-9-10-8-17-10)5-3-7-14(15)19-13/h1-7,10,16H,8-9H2. The first-order valence-corrected chi connectivity index (χ1v) is 7.13. The molecule has 4 heteroatoms. The highest BCUT2D eigenvalue weighted by atomic mass is 32.2. The van der Waals surface area contributed by atoms with Crippen molar-refractivity contribution in [3.63, 3.8) is 0 Å². The molecule has 0 spiro atoms. The second-order valence-electron chi connectivity index (χ2n) is 4.62. The molecule has 0 radical (unpaired) electrons. The van der Waals surface area contributed by atoms with Crippen LogP contribution in [0, 0.1) is 0 Å². The Kier molecular flexibility index (Phi) is 2.64. The lowest BCUT2D eigenvalue weighted by Crippen LogP contribution is -2.07. The van der Waals surface area contributed by atoms with Gasteiger partial charge in [-0.15, -0.1) is 0 Å². The zero-order valence-corrected chi connectivity index (χ0v) is 11.1. The van der Waals surface area contributed by atoms with Gasteiger partial charge in [-0.05, 0) is 24.3 Å². The van der Waals surface area contributed by atoms with Gasteiger partial charge in [-0.2, -0.15) is 0 Å². The van der Waals surface area contributed by atoms with E-state index >= 15 is 0 Å². The summed E-state index contributed by atoms with van der Waals surface area (Å²) in [5.41, 5.74) is 2.20. The number of benzene rings is 2. The van der Waals surface area contributed by atoms with E-state index in [9.17, 15) is 0 Å². The van der Waals surface area contributed by atoms with Crippen LogP contribution in [0.2, 0.25) is 0 Å². The molecule has 1 N–H and O–H groups in total. The summed E-state index contributed by atoms with van der Waals surface area (Å²) in [5.74, 6) is 0.898. The molecule has 1 atom stereocenters. The van der Waals surface area contributed by atoms with Crippen molar-refractivity contribution in [1.82, 2.24) is 0 Å². The maximum atomic E-state index is 5.84. The molecule has 0 aliphatic carbocycles. The molecule has 1 saturated heterocycles.